The number of amides is 1. The van der Waals surface area contributed by atoms with Crippen LogP contribution in [-0.4, -0.2) is 62.5 Å². The third kappa shape index (κ3) is 4.28. The largest absolute Gasteiger partial charge is 0.462 e. The van der Waals surface area contributed by atoms with Crippen molar-refractivity contribution in [1.29, 1.82) is 0 Å². The van der Waals surface area contributed by atoms with Crippen molar-refractivity contribution >= 4 is 38.5 Å². The average molecular weight is 525 g/mol. The van der Waals surface area contributed by atoms with Gasteiger partial charge in [-0.15, -0.1) is 0 Å². The van der Waals surface area contributed by atoms with Crippen LogP contribution in [0.5, 0.6) is 5.88 Å². The molecule has 0 radical (unpaired) electrons. The predicted octanol–water partition coefficient (Wildman–Crippen LogP) is 3.35. The maximum atomic E-state index is 12.6. The lowest BCUT2D eigenvalue weighted by atomic mass is 10.1. The zero-order valence-electron chi connectivity index (χ0n) is 19.0. The number of benzene rings is 1. The first-order chi connectivity index (χ1) is 17.4. The van der Waals surface area contributed by atoms with Gasteiger partial charge < -0.3 is 14.6 Å². The van der Waals surface area contributed by atoms with Crippen LogP contribution in [0.3, 0.4) is 0 Å². The highest BCUT2D eigenvalue weighted by Crippen LogP contribution is 2.35. The molecule has 0 bridgehead atoms. The minimum Gasteiger partial charge on any atom is -0.462 e. The van der Waals surface area contributed by atoms with Crippen LogP contribution in [-0.2, 0) is 9.84 Å². The Labute approximate surface area is 211 Å². The predicted molar refractivity (Wildman–Crippen MR) is 131 cm³/mol. The molecule has 1 saturated carbocycles. The molecular weight excluding hydrogens is 504 g/mol. The molecule has 1 unspecified atom stereocenters. The second-order valence-electron chi connectivity index (χ2n) is 8.85. The zero-order chi connectivity index (χ0) is 24.9. The molecule has 1 amide bonds. The number of aromatic nitrogens is 5. The van der Waals surface area contributed by atoms with E-state index >= 15 is 0 Å². The Balaban J connectivity index is 1.33. The fourth-order valence-electron chi connectivity index (χ4n) is 4.04. The third-order valence-corrected chi connectivity index (χ3v) is 8.77. The normalized spacial score (nSPS) is 16.5. The van der Waals surface area contributed by atoms with Crippen molar-refractivity contribution in [3.63, 3.8) is 0 Å². The van der Waals surface area contributed by atoms with Gasteiger partial charge in [0.15, 0.2) is 21.6 Å². The SMILES string of the molecule is O=C(c1cnc(OC(c2ccc(S(=O)(=O)C3CC3)cc2)c2cc3ncc(Cl)nc3[nH]2)cn1)N1CCC1. The van der Waals surface area contributed by atoms with E-state index in [9.17, 15) is 13.2 Å². The highest BCUT2D eigenvalue weighted by atomic mass is 35.5. The first kappa shape index (κ1) is 22.9. The molecule has 1 atom stereocenters. The van der Waals surface area contributed by atoms with Crippen molar-refractivity contribution in [3.05, 3.63) is 71.0 Å². The average Bonchev–Trinajstić information content (AvgIpc) is 3.63. The van der Waals surface area contributed by atoms with E-state index in [0.29, 0.717) is 35.3 Å². The summed E-state index contributed by atoms with van der Waals surface area (Å²) < 4.78 is 31.5. The second kappa shape index (κ2) is 8.82. The summed E-state index contributed by atoms with van der Waals surface area (Å²) in [4.78, 5) is 34.6. The van der Waals surface area contributed by atoms with Gasteiger partial charge in [-0.1, -0.05) is 23.7 Å². The van der Waals surface area contributed by atoms with Crippen LogP contribution in [0, 0.1) is 0 Å². The summed E-state index contributed by atoms with van der Waals surface area (Å²) in [6, 6.07) is 8.40. The van der Waals surface area contributed by atoms with Crippen molar-refractivity contribution in [2.75, 3.05) is 13.1 Å². The van der Waals surface area contributed by atoms with E-state index in [2.05, 4.69) is 24.9 Å². The molecule has 1 aromatic carbocycles. The van der Waals surface area contributed by atoms with Crippen molar-refractivity contribution in [2.24, 2.45) is 0 Å². The number of fused-ring (bicyclic) bond motifs is 1. The van der Waals surface area contributed by atoms with Crippen molar-refractivity contribution < 1.29 is 17.9 Å². The molecule has 12 heteroatoms. The summed E-state index contributed by atoms with van der Waals surface area (Å²) >= 11 is 5.99. The van der Waals surface area contributed by atoms with Gasteiger partial charge in [0.2, 0.25) is 5.88 Å². The standard InChI is InChI=1S/C24H21ClN6O4S/c25-20-12-26-18-10-17(29-23(18)30-20)22(14-2-4-15(5-3-14)36(33,34)16-6-7-16)35-21-13-27-19(11-28-21)24(32)31-8-1-9-31/h2-5,10-13,16,22H,1,6-9H2,(H,29,30). The Morgan fingerprint density at radius 3 is 2.50 bits per heavy atom. The van der Waals surface area contributed by atoms with Crippen molar-refractivity contribution in [2.45, 2.75) is 35.5 Å². The maximum Gasteiger partial charge on any atom is 0.274 e. The van der Waals surface area contributed by atoms with Gasteiger partial charge in [0.05, 0.1) is 34.4 Å². The molecule has 184 valence electrons. The van der Waals surface area contributed by atoms with E-state index in [-0.39, 0.29) is 32.8 Å². The molecule has 6 rings (SSSR count). The zero-order valence-corrected chi connectivity index (χ0v) is 20.5. The summed E-state index contributed by atoms with van der Waals surface area (Å²) in [5.41, 5.74) is 2.64. The molecule has 4 heterocycles. The summed E-state index contributed by atoms with van der Waals surface area (Å²) in [5.74, 6) is 0.0430. The van der Waals surface area contributed by atoms with Gasteiger partial charge in [0.25, 0.3) is 5.91 Å². The third-order valence-electron chi connectivity index (χ3n) is 6.31. The number of hydrogen-bond donors (Lipinski definition) is 1. The summed E-state index contributed by atoms with van der Waals surface area (Å²) in [5, 5.41) is -0.0462. The topological polar surface area (TPSA) is 131 Å². The Kier molecular flexibility index (Phi) is 5.60. The first-order valence-electron chi connectivity index (χ1n) is 11.5. The lowest BCUT2D eigenvalue weighted by Crippen LogP contribution is -2.42. The van der Waals surface area contributed by atoms with E-state index in [0.717, 1.165) is 19.5 Å². The Morgan fingerprint density at radius 1 is 1.08 bits per heavy atom. The molecule has 36 heavy (non-hydrogen) atoms. The molecular formula is C24H21ClN6O4S. The van der Waals surface area contributed by atoms with Gasteiger partial charge in [0, 0.05) is 13.1 Å². The number of H-pyrrole nitrogens is 1. The Morgan fingerprint density at radius 2 is 1.86 bits per heavy atom. The van der Waals surface area contributed by atoms with Gasteiger partial charge in [-0.2, -0.15) is 0 Å². The molecule has 1 N–H and O–H groups in total. The molecule has 3 aromatic heterocycles. The summed E-state index contributed by atoms with van der Waals surface area (Å²) in [7, 11) is -3.32. The number of carbonyl (C=O) groups is 1. The molecule has 2 aliphatic rings. The number of likely N-dealkylation sites (tertiary alicyclic amines) is 1. The molecule has 2 fully saturated rings. The van der Waals surface area contributed by atoms with Crippen molar-refractivity contribution in [1.82, 2.24) is 29.8 Å². The first-order valence-corrected chi connectivity index (χ1v) is 13.4. The van der Waals surface area contributed by atoms with E-state index < -0.39 is 15.9 Å². The van der Waals surface area contributed by atoms with E-state index in [1.54, 1.807) is 35.2 Å². The number of rotatable bonds is 7. The fourth-order valence-corrected chi connectivity index (χ4v) is 5.83. The van der Waals surface area contributed by atoms with Crippen LogP contribution < -0.4 is 4.74 Å². The number of nitrogens with one attached hydrogen (secondary N) is 1. The lowest BCUT2D eigenvalue weighted by molar-refractivity contribution is 0.0645. The molecule has 1 aliphatic heterocycles. The molecule has 1 aliphatic carbocycles. The Bertz CT molecular complexity index is 1550. The second-order valence-corrected chi connectivity index (χ2v) is 11.5. The number of hydrogen-bond acceptors (Lipinski definition) is 8. The number of nitrogens with zero attached hydrogens (tertiary/aromatic N) is 5. The van der Waals surface area contributed by atoms with E-state index in [1.807, 2.05) is 0 Å². The minimum absolute atomic E-state index is 0.158. The molecule has 10 nitrogen and oxygen atoms in total. The maximum absolute atomic E-state index is 12.6. The van der Waals surface area contributed by atoms with Gasteiger partial charge in [0.1, 0.15) is 16.4 Å². The highest BCUT2D eigenvalue weighted by molar-refractivity contribution is 7.92. The molecule has 0 spiro atoms. The van der Waals surface area contributed by atoms with Gasteiger partial charge >= 0.3 is 0 Å². The van der Waals surface area contributed by atoms with Crippen LogP contribution in [0.15, 0.2) is 53.8 Å². The molecule has 1 saturated heterocycles. The monoisotopic (exact) mass is 524 g/mol. The highest BCUT2D eigenvalue weighted by Gasteiger charge is 2.37. The van der Waals surface area contributed by atoms with Crippen molar-refractivity contribution in [3.8, 4) is 5.88 Å². The van der Waals surface area contributed by atoms with E-state index in [1.165, 1.54) is 18.6 Å². The van der Waals surface area contributed by atoms with Crippen LogP contribution >= 0.6 is 11.6 Å². The smallest absolute Gasteiger partial charge is 0.274 e. The number of halogens is 1. The number of carbonyl (C=O) groups excluding carboxylic acids is 1. The minimum atomic E-state index is -3.32. The van der Waals surface area contributed by atoms with Gasteiger partial charge in [-0.05, 0) is 43.0 Å². The number of ether oxygens (including phenoxy) is 1. The number of sulfone groups is 1. The van der Waals surface area contributed by atoms with Crippen LogP contribution in [0.1, 0.15) is 47.1 Å². The quantitative estimate of drug-likeness (QED) is 0.389. The fraction of sp³-hybridized carbons (Fsp3) is 0.292. The lowest BCUT2D eigenvalue weighted by Gasteiger charge is -2.30. The summed E-state index contributed by atoms with van der Waals surface area (Å²) in [6.07, 6.45) is 5.93. The van der Waals surface area contributed by atoms with Crippen LogP contribution in [0.25, 0.3) is 11.2 Å². The summed E-state index contributed by atoms with van der Waals surface area (Å²) in [6.45, 7) is 1.44. The Hall–Kier alpha value is -3.57. The van der Waals surface area contributed by atoms with Gasteiger partial charge in [-0.25, -0.2) is 28.4 Å². The number of aromatic amines is 1. The van der Waals surface area contributed by atoms with Crippen LogP contribution in [0.2, 0.25) is 5.15 Å². The molecule has 4 aromatic rings. The van der Waals surface area contributed by atoms with E-state index in [4.69, 9.17) is 16.3 Å². The van der Waals surface area contributed by atoms with Crippen LogP contribution in [0.4, 0.5) is 0 Å². The van der Waals surface area contributed by atoms with Gasteiger partial charge in [-0.3, -0.25) is 4.79 Å².